The quantitative estimate of drug-likeness (QED) is 0.636. The molecule has 0 fully saturated rings. The van der Waals surface area contributed by atoms with Crippen molar-refractivity contribution in [3.63, 3.8) is 0 Å². The van der Waals surface area contributed by atoms with E-state index in [1.54, 1.807) is 12.1 Å². The van der Waals surface area contributed by atoms with Gasteiger partial charge >= 0.3 is 0 Å². The van der Waals surface area contributed by atoms with E-state index in [0.717, 1.165) is 10.7 Å². The summed E-state index contributed by atoms with van der Waals surface area (Å²) in [7, 11) is 1.89. The van der Waals surface area contributed by atoms with Gasteiger partial charge in [0.2, 0.25) is 0 Å². The SMILES string of the molecule is CN(Cc1ccccc1F)Cc1nnsc1NN. The Morgan fingerprint density at radius 2 is 2.17 bits per heavy atom. The topological polar surface area (TPSA) is 67.1 Å². The Hall–Kier alpha value is -1.57. The van der Waals surface area contributed by atoms with E-state index in [9.17, 15) is 4.39 Å². The predicted molar refractivity (Wildman–Crippen MR) is 69.3 cm³/mol. The first-order valence-corrected chi connectivity index (χ1v) is 6.18. The molecule has 0 atom stereocenters. The van der Waals surface area contributed by atoms with Crippen LogP contribution in [0.3, 0.4) is 0 Å². The highest BCUT2D eigenvalue weighted by Crippen LogP contribution is 2.18. The lowest BCUT2D eigenvalue weighted by Crippen LogP contribution is -2.19. The molecule has 96 valence electrons. The third kappa shape index (κ3) is 3.00. The molecule has 2 aromatic rings. The average Bonchev–Trinajstić information content (AvgIpc) is 2.79. The fourth-order valence-electron chi connectivity index (χ4n) is 1.65. The smallest absolute Gasteiger partial charge is 0.148 e. The molecule has 0 spiro atoms. The second-order valence-corrected chi connectivity index (χ2v) is 4.71. The third-order valence-corrected chi connectivity index (χ3v) is 3.20. The number of hydrazine groups is 1. The highest BCUT2D eigenvalue weighted by Gasteiger charge is 2.11. The first-order chi connectivity index (χ1) is 8.70. The third-order valence-electron chi connectivity index (χ3n) is 2.50. The molecule has 7 heteroatoms. The number of nitrogens with zero attached hydrogens (tertiary/aromatic N) is 3. The maximum Gasteiger partial charge on any atom is 0.148 e. The maximum atomic E-state index is 13.5. The Morgan fingerprint density at radius 1 is 1.39 bits per heavy atom. The van der Waals surface area contributed by atoms with Crippen LogP contribution in [0.1, 0.15) is 11.3 Å². The Bertz CT molecular complexity index is 516. The largest absolute Gasteiger partial charge is 0.313 e. The Kier molecular flexibility index (Phi) is 4.19. The minimum atomic E-state index is -0.196. The van der Waals surface area contributed by atoms with Gasteiger partial charge in [0, 0.05) is 30.2 Å². The van der Waals surface area contributed by atoms with E-state index < -0.39 is 0 Å². The minimum absolute atomic E-state index is 0.196. The molecule has 0 radical (unpaired) electrons. The monoisotopic (exact) mass is 267 g/mol. The van der Waals surface area contributed by atoms with E-state index in [1.807, 2.05) is 18.0 Å². The van der Waals surface area contributed by atoms with Gasteiger partial charge in [0.1, 0.15) is 16.5 Å². The summed E-state index contributed by atoms with van der Waals surface area (Å²) in [6, 6.07) is 6.73. The van der Waals surface area contributed by atoms with Crippen LogP contribution in [0.4, 0.5) is 9.39 Å². The second-order valence-electron chi connectivity index (χ2n) is 3.96. The van der Waals surface area contributed by atoms with E-state index in [0.29, 0.717) is 18.7 Å². The van der Waals surface area contributed by atoms with Crippen LogP contribution < -0.4 is 11.3 Å². The fourth-order valence-corrected chi connectivity index (χ4v) is 2.14. The maximum absolute atomic E-state index is 13.5. The van der Waals surface area contributed by atoms with Crippen molar-refractivity contribution in [3.05, 3.63) is 41.3 Å². The molecule has 0 saturated carbocycles. The number of hydrogen-bond acceptors (Lipinski definition) is 6. The van der Waals surface area contributed by atoms with Gasteiger partial charge < -0.3 is 5.43 Å². The van der Waals surface area contributed by atoms with Crippen LogP contribution >= 0.6 is 11.5 Å². The first-order valence-electron chi connectivity index (χ1n) is 5.40. The van der Waals surface area contributed by atoms with Crippen LogP contribution in [-0.4, -0.2) is 21.5 Å². The molecular weight excluding hydrogens is 253 g/mol. The van der Waals surface area contributed by atoms with Gasteiger partial charge in [-0.2, -0.15) is 0 Å². The van der Waals surface area contributed by atoms with Gasteiger partial charge in [0.25, 0.3) is 0 Å². The van der Waals surface area contributed by atoms with Crippen molar-refractivity contribution in [2.75, 3.05) is 12.5 Å². The molecule has 2 rings (SSSR count). The Balaban J connectivity index is 2.01. The van der Waals surface area contributed by atoms with Crippen LogP contribution in [0.25, 0.3) is 0 Å². The van der Waals surface area contributed by atoms with Crippen LogP contribution in [0.15, 0.2) is 24.3 Å². The first kappa shape index (κ1) is 12.9. The molecule has 0 unspecified atom stereocenters. The predicted octanol–water partition coefficient (Wildman–Crippen LogP) is 1.59. The normalized spacial score (nSPS) is 10.9. The molecule has 1 heterocycles. The van der Waals surface area contributed by atoms with Crippen LogP contribution in [-0.2, 0) is 13.1 Å². The molecular formula is C11H14FN5S. The molecule has 1 aromatic carbocycles. The van der Waals surface area contributed by atoms with Gasteiger partial charge in [-0.1, -0.05) is 22.7 Å². The number of rotatable bonds is 5. The van der Waals surface area contributed by atoms with E-state index in [1.165, 1.54) is 17.6 Å². The molecule has 0 aliphatic carbocycles. The summed E-state index contributed by atoms with van der Waals surface area (Å²) in [5.41, 5.74) is 3.97. The van der Waals surface area contributed by atoms with Gasteiger partial charge in [-0.25, -0.2) is 10.2 Å². The Morgan fingerprint density at radius 3 is 2.89 bits per heavy atom. The summed E-state index contributed by atoms with van der Waals surface area (Å²) in [6.07, 6.45) is 0. The zero-order valence-corrected chi connectivity index (χ0v) is 10.7. The zero-order chi connectivity index (χ0) is 13.0. The van der Waals surface area contributed by atoms with Crippen molar-refractivity contribution in [1.29, 1.82) is 0 Å². The van der Waals surface area contributed by atoms with Gasteiger partial charge in [-0.3, -0.25) is 4.90 Å². The second kappa shape index (κ2) is 5.85. The number of anilines is 1. The summed E-state index contributed by atoms with van der Waals surface area (Å²) >= 11 is 1.20. The number of halogens is 1. The molecule has 0 aliphatic rings. The lowest BCUT2D eigenvalue weighted by atomic mass is 10.2. The number of nitrogen functional groups attached to an aromatic ring is 1. The van der Waals surface area contributed by atoms with Crippen molar-refractivity contribution >= 4 is 16.5 Å². The molecule has 0 amide bonds. The summed E-state index contributed by atoms with van der Waals surface area (Å²) < 4.78 is 17.3. The minimum Gasteiger partial charge on any atom is -0.313 e. The summed E-state index contributed by atoms with van der Waals surface area (Å²) in [5.74, 6) is 5.15. The van der Waals surface area contributed by atoms with E-state index in [4.69, 9.17) is 5.84 Å². The van der Waals surface area contributed by atoms with Crippen molar-refractivity contribution in [2.24, 2.45) is 5.84 Å². The van der Waals surface area contributed by atoms with Crippen molar-refractivity contribution in [2.45, 2.75) is 13.1 Å². The molecule has 18 heavy (non-hydrogen) atoms. The van der Waals surface area contributed by atoms with Crippen LogP contribution in [0.5, 0.6) is 0 Å². The molecule has 0 saturated heterocycles. The average molecular weight is 267 g/mol. The van der Waals surface area contributed by atoms with E-state index in [-0.39, 0.29) is 5.82 Å². The van der Waals surface area contributed by atoms with Gasteiger partial charge in [-0.15, -0.1) is 5.10 Å². The standard InChI is InChI=1S/C11H14FN5S/c1-17(6-8-4-2-3-5-9(8)12)7-10-11(14-13)18-16-15-10/h2-5,14H,6-7,13H2,1H3. The lowest BCUT2D eigenvalue weighted by molar-refractivity contribution is 0.310. The van der Waals surface area contributed by atoms with E-state index >= 15 is 0 Å². The van der Waals surface area contributed by atoms with Crippen LogP contribution in [0, 0.1) is 5.82 Å². The fraction of sp³-hybridized carbons (Fsp3) is 0.273. The summed E-state index contributed by atoms with van der Waals surface area (Å²) in [5, 5.41) is 4.71. The number of benzene rings is 1. The molecule has 5 nitrogen and oxygen atoms in total. The van der Waals surface area contributed by atoms with Crippen molar-refractivity contribution in [3.8, 4) is 0 Å². The number of nitrogens with one attached hydrogen (secondary N) is 1. The van der Waals surface area contributed by atoms with Crippen LogP contribution in [0.2, 0.25) is 0 Å². The van der Waals surface area contributed by atoms with Gasteiger partial charge in [0.05, 0.1) is 0 Å². The summed E-state index contributed by atoms with van der Waals surface area (Å²) in [4.78, 5) is 1.95. The van der Waals surface area contributed by atoms with E-state index in [2.05, 4.69) is 15.0 Å². The molecule has 3 N–H and O–H groups in total. The van der Waals surface area contributed by atoms with Crippen molar-refractivity contribution in [1.82, 2.24) is 14.5 Å². The highest BCUT2D eigenvalue weighted by molar-refractivity contribution is 7.10. The van der Waals surface area contributed by atoms with Crippen molar-refractivity contribution < 1.29 is 4.39 Å². The summed E-state index contributed by atoms with van der Waals surface area (Å²) in [6.45, 7) is 1.07. The molecule has 0 bridgehead atoms. The number of nitrogens with two attached hydrogens (primary N) is 1. The molecule has 0 aliphatic heterocycles. The Labute approximate surface area is 109 Å². The number of hydrogen-bond donors (Lipinski definition) is 2. The zero-order valence-electron chi connectivity index (χ0n) is 9.93. The van der Waals surface area contributed by atoms with Gasteiger partial charge in [-0.05, 0) is 13.1 Å². The highest BCUT2D eigenvalue weighted by atomic mass is 32.1. The number of aromatic nitrogens is 2. The molecule has 1 aromatic heterocycles. The van der Waals surface area contributed by atoms with Gasteiger partial charge in [0.15, 0.2) is 0 Å². The lowest BCUT2D eigenvalue weighted by Gasteiger charge is -2.16.